The van der Waals surface area contributed by atoms with Crippen molar-refractivity contribution in [2.45, 2.75) is 33.1 Å². The van der Waals surface area contributed by atoms with Gasteiger partial charge < -0.3 is 0 Å². The van der Waals surface area contributed by atoms with E-state index in [2.05, 4.69) is 52.0 Å². The van der Waals surface area contributed by atoms with E-state index in [0.717, 1.165) is 0 Å². The lowest BCUT2D eigenvalue weighted by Crippen LogP contribution is -2.10. The van der Waals surface area contributed by atoms with Crippen molar-refractivity contribution in [1.82, 2.24) is 0 Å². The second-order valence-electron chi connectivity index (χ2n) is 4.86. The van der Waals surface area contributed by atoms with Gasteiger partial charge in [0.2, 0.25) is 0 Å². The van der Waals surface area contributed by atoms with Crippen LogP contribution >= 0.6 is 11.3 Å². The maximum absolute atomic E-state index is 2.33. The summed E-state index contributed by atoms with van der Waals surface area (Å²) in [5, 5.41) is 1.38. The minimum absolute atomic E-state index is 0.256. The SMILES string of the molecule is Cc1cc2ccc(C(C)(C)C)cc2s1. The van der Waals surface area contributed by atoms with E-state index in [0.29, 0.717) is 0 Å². The fraction of sp³-hybridized carbons (Fsp3) is 0.385. The zero-order valence-corrected chi connectivity index (χ0v) is 10.0. The first-order valence-corrected chi connectivity index (χ1v) is 5.79. The third-order valence-electron chi connectivity index (χ3n) is 2.51. The number of thiophene rings is 1. The molecule has 0 spiro atoms. The third kappa shape index (κ3) is 1.69. The molecule has 0 unspecified atom stereocenters. The molecule has 0 bridgehead atoms. The normalized spacial score (nSPS) is 12.3. The highest BCUT2D eigenvalue weighted by molar-refractivity contribution is 7.19. The molecule has 0 amide bonds. The highest BCUT2D eigenvalue weighted by Gasteiger charge is 2.13. The van der Waals surface area contributed by atoms with Crippen LogP contribution in [0.4, 0.5) is 0 Å². The molecular weight excluding hydrogens is 188 g/mol. The van der Waals surface area contributed by atoms with Crippen LogP contribution in [0, 0.1) is 6.92 Å². The Morgan fingerprint density at radius 1 is 1.07 bits per heavy atom. The summed E-state index contributed by atoms with van der Waals surface area (Å²) >= 11 is 1.88. The van der Waals surface area contributed by atoms with Crippen molar-refractivity contribution < 1.29 is 0 Å². The fourth-order valence-electron chi connectivity index (χ4n) is 1.63. The lowest BCUT2D eigenvalue weighted by atomic mass is 9.87. The smallest absolute Gasteiger partial charge is 0.0348 e. The molecule has 0 nitrogen and oxygen atoms in total. The maximum atomic E-state index is 2.33. The number of hydrogen-bond acceptors (Lipinski definition) is 1. The largest absolute Gasteiger partial charge is 0.141 e. The predicted molar refractivity (Wildman–Crippen MR) is 65.3 cm³/mol. The predicted octanol–water partition coefficient (Wildman–Crippen LogP) is 4.51. The second-order valence-corrected chi connectivity index (χ2v) is 6.15. The molecule has 14 heavy (non-hydrogen) atoms. The van der Waals surface area contributed by atoms with Crippen molar-refractivity contribution in [3.8, 4) is 0 Å². The van der Waals surface area contributed by atoms with Crippen LogP contribution in [-0.2, 0) is 5.41 Å². The summed E-state index contributed by atoms with van der Waals surface area (Å²) in [6.07, 6.45) is 0. The van der Waals surface area contributed by atoms with Crippen molar-refractivity contribution >= 4 is 21.4 Å². The average molecular weight is 204 g/mol. The number of aryl methyl sites for hydroxylation is 1. The molecule has 0 N–H and O–H groups in total. The molecule has 0 fully saturated rings. The summed E-state index contributed by atoms with van der Waals surface area (Å²) < 4.78 is 1.41. The first-order chi connectivity index (χ1) is 6.47. The quantitative estimate of drug-likeness (QED) is 0.592. The molecule has 1 heteroatoms. The Hall–Kier alpha value is -0.820. The molecule has 1 aromatic heterocycles. The van der Waals surface area contributed by atoms with Gasteiger partial charge in [-0.3, -0.25) is 0 Å². The van der Waals surface area contributed by atoms with E-state index in [1.165, 1.54) is 20.5 Å². The van der Waals surface area contributed by atoms with Gasteiger partial charge in [-0.2, -0.15) is 0 Å². The van der Waals surface area contributed by atoms with E-state index in [1.54, 1.807) is 0 Å². The van der Waals surface area contributed by atoms with Gasteiger partial charge in [0.05, 0.1) is 0 Å². The summed E-state index contributed by atoms with van der Waals surface area (Å²) in [4.78, 5) is 1.39. The second kappa shape index (κ2) is 3.09. The Labute approximate surface area is 89.6 Å². The standard InChI is InChI=1S/C13H16S/c1-9-7-10-5-6-11(13(2,3)4)8-12(10)14-9/h5-8H,1-4H3. The van der Waals surface area contributed by atoms with Crippen molar-refractivity contribution in [3.05, 3.63) is 34.7 Å². The Bertz CT molecular complexity index is 458. The first kappa shape index (κ1) is 9.72. The molecule has 2 aromatic rings. The lowest BCUT2D eigenvalue weighted by molar-refractivity contribution is 0.591. The highest BCUT2D eigenvalue weighted by atomic mass is 32.1. The van der Waals surface area contributed by atoms with E-state index in [1.807, 2.05) is 11.3 Å². The van der Waals surface area contributed by atoms with Crippen molar-refractivity contribution in [2.24, 2.45) is 0 Å². The molecule has 0 saturated carbocycles. The van der Waals surface area contributed by atoms with E-state index in [-0.39, 0.29) is 5.41 Å². The summed E-state index contributed by atoms with van der Waals surface area (Å²) in [6.45, 7) is 8.94. The van der Waals surface area contributed by atoms with Gasteiger partial charge in [-0.05, 0) is 35.4 Å². The summed E-state index contributed by atoms with van der Waals surface area (Å²) in [5.41, 5.74) is 1.68. The number of benzene rings is 1. The molecular formula is C13H16S. The highest BCUT2D eigenvalue weighted by Crippen LogP contribution is 2.30. The van der Waals surface area contributed by atoms with Gasteiger partial charge in [-0.15, -0.1) is 11.3 Å². The Balaban J connectivity index is 2.62. The van der Waals surface area contributed by atoms with Crippen LogP contribution in [0.5, 0.6) is 0 Å². The molecule has 0 atom stereocenters. The minimum atomic E-state index is 0.256. The topological polar surface area (TPSA) is 0 Å². The number of rotatable bonds is 0. The van der Waals surface area contributed by atoms with Gasteiger partial charge in [-0.1, -0.05) is 32.9 Å². The van der Waals surface area contributed by atoms with Gasteiger partial charge >= 0.3 is 0 Å². The average Bonchev–Trinajstić information content (AvgIpc) is 2.41. The monoisotopic (exact) mass is 204 g/mol. The van der Waals surface area contributed by atoms with E-state index in [9.17, 15) is 0 Å². The van der Waals surface area contributed by atoms with Gasteiger partial charge in [0.15, 0.2) is 0 Å². The zero-order chi connectivity index (χ0) is 10.3. The van der Waals surface area contributed by atoms with Crippen LogP contribution < -0.4 is 0 Å². The van der Waals surface area contributed by atoms with Crippen LogP contribution in [0.1, 0.15) is 31.2 Å². The Kier molecular flexibility index (Phi) is 2.15. The fourth-order valence-corrected chi connectivity index (χ4v) is 2.59. The molecule has 0 aliphatic rings. The van der Waals surface area contributed by atoms with Crippen LogP contribution in [0.3, 0.4) is 0 Å². The van der Waals surface area contributed by atoms with Gasteiger partial charge in [0.25, 0.3) is 0 Å². The van der Waals surface area contributed by atoms with Crippen molar-refractivity contribution in [3.63, 3.8) is 0 Å². The molecule has 2 rings (SSSR count). The number of fused-ring (bicyclic) bond motifs is 1. The van der Waals surface area contributed by atoms with Crippen LogP contribution in [0.2, 0.25) is 0 Å². The van der Waals surface area contributed by atoms with Crippen LogP contribution in [0.25, 0.3) is 10.1 Å². The summed E-state index contributed by atoms with van der Waals surface area (Å²) in [5.74, 6) is 0. The third-order valence-corrected chi connectivity index (χ3v) is 3.52. The van der Waals surface area contributed by atoms with Gasteiger partial charge in [0, 0.05) is 9.58 Å². The summed E-state index contributed by atoms with van der Waals surface area (Å²) in [7, 11) is 0. The van der Waals surface area contributed by atoms with Gasteiger partial charge in [0.1, 0.15) is 0 Å². The Morgan fingerprint density at radius 2 is 1.79 bits per heavy atom. The van der Waals surface area contributed by atoms with Gasteiger partial charge in [-0.25, -0.2) is 0 Å². The van der Waals surface area contributed by atoms with E-state index in [4.69, 9.17) is 0 Å². The van der Waals surface area contributed by atoms with E-state index >= 15 is 0 Å². The minimum Gasteiger partial charge on any atom is -0.141 e. The zero-order valence-electron chi connectivity index (χ0n) is 9.22. The molecule has 0 radical (unpaired) electrons. The van der Waals surface area contributed by atoms with E-state index < -0.39 is 0 Å². The molecule has 1 aromatic carbocycles. The Morgan fingerprint density at radius 3 is 2.43 bits per heavy atom. The molecule has 74 valence electrons. The lowest BCUT2D eigenvalue weighted by Gasteiger charge is -2.18. The molecule has 0 saturated heterocycles. The van der Waals surface area contributed by atoms with Crippen molar-refractivity contribution in [2.75, 3.05) is 0 Å². The maximum Gasteiger partial charge on any atom is 0.0348 e. The molecule has 1 heterocycles. The molecule has 0 aliphatic heterocycles. The molecule has 0 aliphatic carbocycles. The van der Waals surface area contributed by atoms with Crippen LogP contribution in [0.15, 0.2) is 24.3 Å². The first-order valence-electron chi connectivity index (χ1n) is 4.97. The van der Waals surface area contributed by atoms with Crippen LogP contribution in [-0.4, -0.2) is 0 Å². The number of hydrogen-bond donors (Lipinski definition) is 0. The summed E-state index contributed by atoms with van der Waals surface area (Å²) in [6, 6.07) is 9.06. The van der Waals surface area contributed by atoms with Crippen molar-refractivity contribution in [1.29, 1.82) is 0 Å².